The summed E-state index contributed by atoms with van der Waals surface area (Å²) in [5, 5.41) is 9.89. The van der Waals surface area contributed by atoms with Crippen LogP contribution in [0.3, 0.4) is 0 Å². The van der Waals surface area contributed by atoms with Crippen LogP contribution in [0.5, 0.6) is 0 Å². The number of aryl methyl sites for hydroxylation is 2. The first-order valence-electron chi connectivity index (χ1n) is 5.85. The van der Waals surface area contributed by atoms with Gasteiger partial charge in [-0.3, -0.25) is 0 Å². The molecule has 2 unspecified atom stereocenters. The Kier molecular flexibility index (Phi) is 4.11. The fourth-order valence-electron chi connectivity index (χ4n) is 2.33. The van der Waals surface area contributed by atoms with Crippen molar-refractivity contribution < 1.29 is 5.11 Å². The Morgan fingerprint density at radius 2 is 1.56 bits per heavy atom. The lowest BCUT2D eigenvalue weighted by Crippen LogP contribution is -2.27. The van der Waals surface area contributed by atoms with E-state index in [1.165, 1.54) is 27.8 Å². The molecule has 90 valence electrons. The average molecular weight is 221 g/mol. The molecule has 0 spiro atoms. The minimum Gasteiger partial charge on any atom is -0.391 e. The topological polar surface area (TPSA) is 46.2 Å². The van der Waals surface area contributed by atoms with Crippen molar-refractivity contribution in [2.45, 2.75) is 46.6 Å². The van der Waals surface area contributed by atoms with Gasteiger partial charge in [-0.1, -0.05) is 13.0 Å². The fraction of sp³-hybridized carbons (Fsp3) is 0.571. The van der Waals surface area contributed by atoms with E-state index in [1.807, 2.05) is 6.92 Å². The molecule has 16 heavy (non-hydrogen) atoms. The second kappa shape index (κ2) is 4.98. The van der Waals surface area contributed by atoms with Crippen LogP contribution in [0.2, 0.25) is 0 Å². The van der Waals surface area contributed by atoms with Crippen molar-refractivity contribution in [3.63, 3.8) is 0 Å². The highest BCUT2D eigenvalue weighted by atomic mass is 16.3. The molecule has 0 saturated carbocycles. The zero-order valence-corrected chi connectivity index (χ0v) is 11.0. The van der Waals surface area contributed by atoms with E-state index < -0.39 is 6.10 Å². The van der Waals surface area contributed by atoms with Gasteiger partial charge >= 0.3 is 0 Å². The summed E-state index contributed by atoms with van der Waals surface area (Å²) in [4.78, 5) is 0. The molecule has 2 atom stereocenters. The molecule has 0 bridgehead atoms. The molecular formula is C14H23NO. The second-order valence-electron chi connectivity index (χ2n) is 4.77. The summed E-state index contributed by atoms with van der Waals surface area (Å²) < 4.78 is 0. The van der Waals surface area contributed by atoms with Gasteiger partial charge in [-0.05, 0) is 55.5 Å². The van der Waals surface area contributed by atoms with Crippen molar-refractivity contribution in [3.8, 4) is 0 Å². The minimum absolute atomic E-state index is 0.101. The molecular weight excluding hydrogens is 198 g/mol. The number of nitrogens with two attached hydrogens (primary N) is 1. The first kappa shape index (κ1) is 13.2. The van der Waals surface area contributed by atoms with Crippen molar-refractivity contribution in [2.75, 3.05) is 6.54 Å². The van der Waals surface area contributed by atoms with Crippen LogP contribution in [0.25, 0.3) is 0 Å². The van der Waals surface area contributed by atoms with Gasteiger partial charge in [0.15, 0.2) is 0 Å². The number of hydrogen-bond acceptors (Lipinski definition) is 2. The predicted octanol–water partition coefficient (Wildman–Crippen LogP) is 2.34. The summed E-state index contributed by atoms with van der Waals surface area (Å²) in [5.41, 5.74) is 11.9. The third-order valence-corrected chi connectivity index (χ3v) is 3.70. The summed E-state index contributed by atoms with van der Waals surface area (Å²) in [5.74, 6) is 0.101. The SMILES string of the molecule is Cc1cc(C)c(C)c(C(C)C(O)CN)c1C. The van der Waals surface area contributed by atoms with Gasteiger partial charge in [-0.15, -0.1) is 0 Å². The van der Waals surface area contributed by atoms with Crippen molar-refractivity contribution in [2.24, 2.45) is 5.73 Å². The smallest absolute Gasteiger partial charge is 0.0728 e. The maximum Gasteiger partial charge on any atom is 0.0728 e. The molecule has 0 aliphatic rings. The van der Waals surface area contributed by atoms with Crippen molar-refractivity contribution >= 4 is 0 Å². The minimum atomic E-state index is -0.460. The molecule has 2 heteroatoms. The van der Waals surface area contributed by atoms with E-state index in [1.54, 1.807) is 0 Å². The fourth-order valence-corrected chi connectivity index (χ4v) is 2.33. The van der Waals surface area contributed by atoms with Crippen LogP contribution in [0, 0.1) is 27.7 Å². The largest absolute Gasteiger partial charge is 0.391 e. The summed E-state index contributed by atoms with van der Waals surface area (Å²) >= 11 is 0. The standard InChI is InChI=1S/C14H23NO/c1-8-6-9(2)11(4)14(10(8)3)12(5)13(16)7-15/h6,12-13,16H,7,15H2,1-5H3. The maximum atomic E-state index is 9.89. The Balaban J connectivity index is 3.31. The van der Waals surface area contributed by atoms with Crippen molar-refractivity contribution in [3.05, 3.63) is 33.9 Å². The van der Waals surface area contributed by atoms with E-state index in [0.717, 1.165) is 0 Å². The third-order valence-electron chi connectivity index (χ3n) is 3.70. The predicted molar refractivity (Wildman–Crippen MR) is 68.9 cm³/mol. The van der Waals surface area contributed by atoms with E-state index in [-0.39, 0.29) is 5.92 Å². The van der Waals surface area contributed by atoms with E-state index in [4.69, 9.17) is 5.73 Å². The van der Waals surface area contributed by atoms with Gasteiger partial charge in [0.2, 0.25) is 0 Å². The Morgan fingerprint density at radius 1 is 1.12 bits per heavy atom. The van der Waals surface area contributed by atoms with Gasteiger partial charge < -0.3 is 10.8 Å². The van der Waals surface area contributed by atoms with Crippen molar-refractivity contribution in [1.82, 2.24) is 0 Å². The molecule has 0 aliphatic carbocycles. The summed E-state index contributed by atoms with van der Waals surface area (Å²) in [6.07, 6.45) is -0.460. The van der Waals surface area contributed by atoms with Crippen LogP contribution < -0.4 is 5.73 Å². The molecule has 2 nitrogen and oxygen atoms in total. The molecule has 0 aliphatic heterocycles. The number of aliphatic hydroxyl groups excluding tert-OH is 1. The molecule has 0 aromatic heterocycles. The molecule has 1 aromatic carbocycles. The quantitative estimate of drug-likeness (QED) is 0.823. The van der Waals surface area contributed by atoms with Gasteiger partial charge in [0.1, 0.15) is 0 Å². The van der Waals surface area contributed by atoms with Crippen LogP contribution in [0.1, 0.15) is 40.7 Å². The molecule has 0 radical (unpaired) electrons. The number of hydrogen-bond donors (Lipinski definition) is 2. The van der Waals surface area contributed by atoms with Crippen LogP contribution in [-0.2, 0) is 0 Å². The van der Waals surface area contributed by atoms with Gasteiger partial charge in [0.05, 0.1) is 6.10 Å². The highest BCUT2D eigenvalue weighted by molar-refractivity contribution is 5.46. The first-order chi connectivity index (χ1) is 7.40. The summed E-state index contributed by atoms with van der Waals surface area (Å²) in [6.45, 7) is 10.8. The first-order valence-corrected chi connectivity index (χ1v) is 5.85. The lowest BCUT2D eigenvalue weighted by atomic mass is 9.84. The van der Waals surface area contributed by atoms with E-state index in [2.05, 4.69) is 33.8 Å². The monoisotopic (exact) mass is 221 g/mol. The Hall–Kier alpha value is -0.860. The molecule has 0 amide bonds. The number of aliphatic hydroxyl groups is 1. The molecule has 0 fully saturated rings. The highest BCUT2D eigenvalue weighted by Gasteiger charge is 2.20. The summed E-state index contributed by atoms with van der Waals surface area (Å²) in [6, 6.07) is 2.20. The van der Waals surface area contributed by atoms with Gasteiger partial charge in [0, 0.05) is 12.5 Å². The van der Waals surface area contributed by atoms with Crippen molar-refractivity contribution in [1.29, 1.82) is 0 Å². The Bertz CT molecular complexity index is 359. The zero-order chi connectivity index (χ0) is 12.5. The molecule has 3 N–H and O–H groups in total. The Labute approximate surface area is 98.5 Å². The lowest BCUT2D eigenvalue weighted by Gasteiger charge is -2.24. The van der Waals surface area contributed by atoms with E-state index in [0.29, 0.717) is 6.54 Å². The summed E-state index contributed by atoms with van der Waals surface area (Å²) in [7, 11) is 0. The second-order valence-corrected chi connectivity index (χ2v) is 4.77. The average Bonchev–Trinajstić information content (AvgIpc) is 2.25. The van der Waals surface area contributed by atoms with Gasteiger partial charge in [0.25, 0.3) is 0 Å². The van der Waals surface area contributed by atoms with E-state index in [9.17, 15) is 5.11 Å². The molecule has 0 saturated heterocycles. The molecule has 1 aromatic rings. The lowest BCUT2D eigenvalue weighted by molar-refractivity contribution is 0.157. The highest BCUT2D eigenvalue weighted by Crippen LogP contribution is 2.30. The van der Waals surface area contributed by atoms with Gasteiger partial charge in [-0.2, -0.15) is 0 Å². The zero-order valence-electron chi connectivity index (χ0n) is 11.0. The number of benzene rings is 1. The molecule has 0 heterocycles. The van der Waals surface area contributed by atoms with Crippen LogP contribution >= 0.6 is 0 Å². The van der Waals surface area contributed by atoms with Crippen LogP contribution in [0.15, 0.2) is 6.07 Å². The molecule has 1 rings (SSSR count). The number of rotatable bonds is 3. The Morgan fingerprint density at radius 3 is 1.94 bits per heavy atom. The van der Waals surface area contributed by atoms with Gasteiger partial charge in [-0.25, -0.2) is 0 Å². The van der Waals surface area contributed by atoms with E-state index >= 15 is 0 Å². The third kappa shape index (κ3) is 2.28. The van der Waals surface area contributed by atoms with Crippen LogP contribution in [0.4, 0.5) is 0 Å². The van der Waals surface area contributed by atoms with Crippen LogP contribution in [-0.4, -0.2) is 17.8 Å². The normalized spacial score (nSPS) is 14.9. The maximum absolute atomic E-state index is 9.89.